The summed E-state index contributed by atoms with van der Waals surface area (Å²) in [7, 11) is 0. The zero-order chi connectivity index (χ0) is 11.4. The molecule has 0 aromatic carbocycles. The Labute approximate surface area is 107 Å². The molecule has 92 valence electrons. The molecule has 2 saturated carbocycles. The molecule has 1 amide bonds. The first kappa shape index (κ1) is 12.4. The van der Waals surface area contributed by atoms with Crippen LogP contribution in [0.15, 0.2) is 0 Å². The zero-order valence-electron chi connectivity index (χ0n) is 9.96. The Bertz CT molecular complexity index is 234. The molecule has 0 aromatic rings. The lowest BCUT2D eigenvalue weighted by atomic mass is 10.0. The molecule has 2 fully saturated rings. The maximum Gasteiger partial charge on any atom is 0.222 e. The van der Waals surface area contributed by atoms with Crippen LogP contribution in [0.2, 0.25) is 0 Å². The molecule has 0 aromatic heterocycles. The molecule has 16 heavy (non-hydrogen) atoms. The van der Waals surface area contributed by atoms with E-state index in [0.717, 1.165) is 30.6 Å². The van der Waals surface area contributed by atoms with Gasteiger partial charge in [-0.3, -0.25) is 4.79 Å². The van der Waals surface area contributed by atoms with Gasteiger partial charge in [0, 0.05) is 24.3 Å². The van der Waals surface area contributed by atoms with Crippen molar-refractivity contribution in [2.45, 2.75) is 57.4 Å². The smallest absolute Gasteiger partial charge is 0.222 e. The first-order valence-corrected chi connectivity index (χ1v) is 7.79. The van der Waals surface area contributed by atoms with E-state index >= 15 is 0 Å². The second-order valence-corrected chi connectivity index (χ2v) is 5.99. The summed E-state index contributed by atoms with van der Waals surface area (Å²) in [5.74, 6) is 1.24. The summed E-state index contributed by atoms with van der Waals surface area (Å²) < 4.78 is 0. The van der Waals surface area contributed by atoms with Crippen LogP contribution in [0.4, 0.5) is 0 Å². The van der Waals surface area contributed by atoms with Gasteiger partial charge in [0.2, 0.25) is 5.91 Å². The number of amides is 1. The molecule has 0 spiro atoms. The molecule has 0 unspecified atom stereocenters. The van der Waals surface area contributed by atoms with Gasteiger partial charge >= 0.3 is 0 Å². The first-order chi connectivity index (χ1) is 7.81. The average Bonchev–Trinajstić information content (AvgIpc) is 2.99. The van der Waals surface area contributed by atoms with E-state index in [-0.39, 0.29) is 0 Å². The SMILES string of the molecule is O=C(CCC1CCCC1)N(CCBr)C1CC1. The second-order valence-electron chi connectivity index (χ2n) is 5.20. The van der Waals surface area contributed by atoms with E-state index in [1.54, 1.807) is 0 Å². The van der Waals surface area contributed by atoms with Gasteiger partial charge in [-0.25, -0.2) is 0 Å². The van der Waals surface area contributed by atoms with Gasteiger partial charge in [-0.1, -0.05) is 41.6 Å². The topological polar surface area (TPSA) is 20.3 Å². The molecule has 0 aliphatic heterocycles. The third-order valence-electron chi connectivity index (χ3n) is 3.87. The zero-order valence-corrected chi connectivity index (χ0v) is 11.5. The summed E-state index contributed by atoms with van der Waals surface area (Å²) in [5, 5.41) is 0.915. The van der Waals surface area contributed by atoms with E-state index in [4.69, 9.17) is 0 Å². The molecule has 2 rings (SSSR count). The molecule has 0 bridgehead atoms. The number of hydrogen-bond donors (Lipinski definition) is 0. The summed E-state index contributed by atoms with van der Waals surface area (Å²) in [4.78, 5) is 14.2. The standard InChI is InChI=1S/C13H22BrNO/c14-9-10-15(12-6-7-12)13(16)8-5-11-3-1-2-4-11/h11-12H,1-10H2. The van der Waals surface area contributed by atoms with E-state index in [1.165, 1.54) is 38.5 Å². The molecule has 3 heteroatoms. The van der Waals surface area contributed by atoms with Gasteiger partial charge in [0.05, 0.1) is 0 Å². The number of carbonyl (C=O) groups is 1. The third-order valence-corrected chi connectivity index (χ3v) is 4.23. The third kappa shape index (κ3) is 3.47. The Morgan fingerprint density at radius 3 is 2.44 bits per heavy atom. The quantitative estimate of drug-likeness (QED) is 0.686. The van der Waals surface area contributed by atoms with Crippen LogP contribution in [0, 0.1) is 5.92 Å². The lowest BCUT2D eigenvalue weighted by molar-refractivity contribution is -0.131. The van der Waals surface area contributed by atoms with E-state index in [0.29, 0.717) is 11.9 Å². The summed E-state index contributed by atoms with van der Waals surface area (Å²) in [6.07, 6.45) is 9.84. The second kappa shape index (κ2) is 6.04. The molecular formula is C13H22BrNO. The summed E-state index contributed by atoms with van der Waals surface area (Å²) in [6.45, 7) is 0.897. The largest absolute Gasteiger partial charge is 0.339 e. The molecule has 0 saturated heterocycles. The highest BCUT2D eigenvalue weighted by Crippen LogP contribution is 2.31. The van der Waals surface area contributed by atoms with Crippen molar-refractivity contribution in [1.82, 2.24) is 4.90 Å². The summed E-state index contributed by atoms with van der Waals surface area (Å²) in [5.41, 5.74) is 0. The van der Waals surface area contributed by atoms with Crippen LogP contribution in [-0.2, 0) is 4.79 Å². The van der Waals surface area contributed by atoms with Gasteiger partial charge in [-0.2, -0.15) is 0 Å². The Hall–Kier alpha value is -0.0500. The predicted octanol–water partition coefficient (Wildman–Crippen LogP) is 3.34. The predicted molar refractivity (Wildman–Crippen MR) is 69.7 cm³/mol. The van der Waals surface area contributed by atoms with Crippen LogP contribution >= 0.6 is 15.9 Å². The average molecular weight is 288 g/mol. The maximum absolute atomic E-state index is 12.1. The minimum atomic E-state index is 0.397. The molecule has 0 N–H and O–H groups in total. The van der Waals surface area contributed by atoms with E-state index in [1.807, 2.05) is 0 Å². The van der Waals surface area contributed by atoms with E-state index in [9.17, 15) is 4.79 Å². The van der Waals surface area contributed by atoms with Gasteiger partial charge in [0.15, 0.2) is 0 Å². The van der Waals surface area contributed by atoms with Crippen LogP contribution in [0.25, 0.3) is 0 Å². The summed E-state index contributed by atoms with van der Waals surface area (Å²) in [6, 6.07) is 0.577. The molecule has 0 atom stereocenters. The van der Waals surface area contributed by atoms with Crippen molar-refractivity contribution >= 4 is 21.8 Å². The molecule has 2 aliphatic rings. The minimum Gasteiger partial charge on any atom is -0.339 e. The Morgan fingerprint density at radius 1 is 1.19 bits per heavy atom. The van der Waals surface area contributed by atoms with Crippen LogP contribution < -0.4 is 0 Å². The maximum atomic E-state index is 12.1. The van der Waals surface area contributed by atoms with Gasteiger partial charge in [-0.15, -0.1) is 0 Å². The van der Waals surface area contributed by atoms with Gasteiger partial charge in [0.1, 0.15) is 0 Å². The fourth-order valence-electron chi connectivity index (χ4n) is 2.76. The molecule has 0 radical (unpaired) electrons. The normalized spacial score (nSPS) is 21.3. The van der Waals surface area contributed by atoms with Crippen molar-refractivity contribution in [2.24, 2.45) is 5.92 Å². The molecular weight excluding hydrogens is 266 g/mol. The highest BCUT2D eigenvalue weighted by atomic mass is 79.9. The number of alkyl halides is 1. The Balaban J connectivity index is 1.71. The van der Waals surface area contributed by atoms with Crippen molar-refractivity contribution in [2.75, 3.05) is 11.9 Å². The van der Waals surface area contributed by atoms with Crippen molar-refractivity contribution in [3.05, 3.63) is 0 Å². The Morgan fingerprint density at radius 2 is 1.88 bits per heavy atom. The number of nitrogens with zero attached hydrogens (tertiary/aromatic N) is 1. The summed E-state index contributed by atoms with van der Waals surface area (Å²) >= 11 is 3.44. The number of rotatable bonds is 6. The minimum absolute atomic E-state index is 0.397. The van der Waals surface area contributed by atoms with Gasteiger partial charge in [-0.05, 0) is 25.2 Å². The van der Waals surface area contributed by atoms with Crippen LogP contribution in [0.1, 0.15) is 51.4 Å². The van der Waals surface area contributed by atoms with Crippen LogP contribution in [-0.4, -0.2) is 28.7 Å². The van der Waals surface area contributed by atoms with Gasteiger partial charge in [0.25, 0.3) is 0 Å². The Kier molecular flexibility index (Phi) is 4.68. The van der Waals surface area contributed by atoms with E-state index < -0.39 is 0 Å². The van der Waals surface area contributed by atoms with Crippen LogP contribution in [0.3, 0.4) is 0 Å². The fraction of sp³-hybridized carbons (Fsp3) is 0.923. The number of carbonyl (C=O) groups excluding carboxylic acids is 1. The van der Waals surface area contributed by atoms with Crippen molar-refractivity contribution in [3.8, 4) is 0 Å². The van der Waals surface area contributed by atoms with Gasteiger partial charge < -0.3 is 4.90 Å². The molecule has 2 nitrogen and oxygen atoms in total. The van der Waals surface area contributed by atoms with Crippen LogP contribution in [0.5, 0.6) is 0 Å². The molecule has 0 heterocycles. The lowest BCUT2D eigenvalue weighted by Gasteiger charge is -2.22. The highest BCUT2D eigenvalue weighted by Gasteiger charge is 2.31. The lowest BCUT2D eigenvalue weighted by Crippen LogP contribution is -2.34. The van der Waals surface area contributed by atoms with Crippen molar-refractivity contribution in [1.29, 1.82) is 0 Å². The fourth-order valence-corrected chi connectivity index (χ4v) is 3.14. The molecule has 2 aliphatic carbocycles. The number of halogens is 1. The number of hydrogen-bond acceptors (Lipinski definition) is 1. The van der Waals surface area contributed by atoms with Crippen molar-refractivity contribution < 1.29 is 4.79 Å². The first-order valence-electron chi connectivity index (χ1n) is 6.66. The monoisotopic (exact) mass is 287 g/mol. The highest BCUT2D eigenvalue weighted by molar-refractivity contribution is 9.09. The van der Waals surface area contributed by atoms with Crippen molar-refractivity contribution in [3.63, 3.8) is 0 Å². The van der Waals surface area contributed by atoms with E-state index in [2.05, 4.69) is 20.8 Å².